The Morgan fingerprint density at radius 3 is 2.76 bits per heavy atom. The molecule has 0 radical (unpaired) electrons. The molecule has 1 aromatic heterocycles. The number of fused-ring (bicyclic) bond motifs is 1. The topological polar surface area (TPSA) is 51.3 Å². The minimum atomic E-state index is -0.0726. The molecular weight excluding hydrogens is 382 g/mol. The molecule has 4 nitrogen and oxygen atoms in total. The molecule has 3 aromatic rings. The first kappa shape index (κ1) is 19.7. The number of nitrogen functional groups attached to an aromatic ring is 1. The van der Waals surface area contributed by atoms with Crippen molar-refractivity contribution in [3.8, 4) is 0 Å². The van der Waals surface area contributed by atoms with Gasteiger partial charge in [0.1, 0.15) is 0 Å². The highest BCUT2D eigenvalue weighted by Gasteiger charge is 2.19. The van der Waals surface area contributed by atoms with E-state index in [2.05, 4.69) is 17.9 Å². The van der Waals surface area contributed by atoms with Crippen LogP contribution in [0.5, 0.6) is 0 Å². The first-order valence-corrected chi connectivity index (χ1v) is 10.6. The zero-order valence-electron chi connectivity index (χ0n) is 16.7. The van der Waals surface area contributed by atoms with E-state index in [-0.39, 0.29) is 5.78 Å². The average molecular weight is 408 g/mol. The number of halogens is 1. The first-order chi connectivity index (χ1) is 14.1. The van der Waals surface area contributed by atoms with Gasteiger partial charge in [-0.3, -0.25) is 14.4 Å². The zero-order chi connectivity index (χ0) is 20.4. The largest absolute Gasteiger partial charge is 0.339 e. The van der Waals surface area contributed by atoms with Gasteiger partial charge in [-0.2, -0.15) is 0 Å². The molecule has 0 amide bonds. The fourth-order valence-electron chi connectivity index (χ4n) is 3.99. The molecule has 0 bridgehead atoms. The van der Waals surface area contributed by atoms with E-state index in [4.69, 9.17) is 17.4 Å². The van der Waals surface area contributed by atoms with E-state index >= 15 is 0 Å². The lowest BCUT2D eigenvalue weighted by molar-refractivity contribution is 0.103. The third-order valence-electron chi connectivity index (χ3n) is 5.68. The van der Waals surface area contributed by atoms with E-state index in [1.807, 2.05) is 36.5 Å². The van der Waals surface area contributed by atoms with E-state index in [0.29, 0.717) is 16.1 Å². The summed E-state index contributed by atoms with van der Waals surface area (Å²) in [6.45, 7) is 5.39. The van der Waals surface area contributed by atoms with E-state index in [1.165, 1.54) is 18.4 Å². The second-order valence-electron chi connectivity index (χ2n) is 7.62. The molecule has 0 unspecified atom stereocenters. The number of nitrogens with two attached hydrogens (primary N) is 1. The van der Waals surface area contributed by atoms with Gasteiger partial charge in [0.15, 0.2) is 5.78 Å². The van der Waals surface area contributed by atoms with Gasteiger partial charge in [0.25, 0.3) is 0 Å². The maximum Gasteiger partial charge on any atom is 0.194 e. The molecule has 0 fully saturated rings. The van der Waals surface area contributed by atoms with E-state index in [0.717, 1.165) is 42.5 Å². The van der Waals surface area contributed by atoms with Crippen LogP contribution in [0.4, 0.5) is 0 Å². The molecule has 1 aliphatic rings. The Morgan fingerprint density at radius 2 is 2.03 bits per heavy atom. The van der Waals surface area contributed by atoms with Crippen LogP contribution in [0, 0.1) is 0 Å². The molecule has 2 heterocycles. The Morgan fingerprint density at radius 1 is 1.21 bits per heavy atom. The second kappa shape index (κ2) is 8.44. The third-order valence-corrected chi connectivity index (χ3v) is 6.01. The molecular formula is C24H26ClN3O. The van der Waals surface area contributed by atoms with Gasteiger partial charge in [0, 0.05) is 41.4 Å². The number of unbranched alkanes of at least 4 members (excludes halogenated alkanes) is 1. The van der Waals surface area contributed by atoms with Gasteiger partial charge < -0.3 is 5.84 Å². The molecule has 0 saturated carbocycles. The van der Waals surface area contributed by atoms with Crippen molar-refractivity contribution in [2.75, 3.05) is 25.5 Å². The van der Waals surface area contributed by atoms with E-state index in [1.54, 1.807) is 16.8 Å². The Hall–Kier alpha value is -2.56. The predicted octanol–water partition coefficient (Wildman–Crippen LogP) is 5.13. The molecule has 29 heavy (non-hydrogen) atoms. The van der Waals surface area contributed by atoms with Crippen LogP contribution < -0.4 is 5.84 Å². The van der Waals surface area contributed by atoms with Crippen LogP contribution in [0.1, 0.15) is 47.7 Å². The quantitative estimate of drug-likeness (QED) is 0.455. The summed E-state index contributed by atoms with van der Waals surface area (Å²) < 4.78 is 1.65. The van der Waals surface area contributed by atoms with Crippen LogP contribution in [0.15, 0.2) is 54.7 Å². The fraction of sp³-hybridized carbons (Fsp3) is 0.292. The molecule has 4 rings (SSSR count). The van der Waals surface area contributed by atoms with Crippen LogP contribution >= 0.6 is 11.6 Å². The van der Waals surface area contributed by atoms with Crippen LogP contribution in [0.25, 0.3) is 16.5 Å². The minimum Gasteiger partial charge on any atom is -0.339 e. The standard InChI is InChI=1S/C24H26ClN3O/c1-2-3-12-27-13-10-17(11-14-27)21-16-28(26)23-9-8-18(15-20(21)23)24(29)19-6-4-5-7-22(19)25/h4-10,15-16H,2-3,11-14,26H2,1H3. The number of carbonyl (C=O) groups excluding carboxylic acids is 1. The molecule has 0 spiro atoms. The first-order valence-electron chi connectivity index (χ1n) is 10.2. The number of hydrogen-bond donors (Lipinski definition) is 1. The lowest BCUT2D eigenvalue weighted by atomic mass is 9.96. The normalized spacial score (nSPS) is 14.9. The Labute approximate surface area is 176 Å². The van der Waals surface area contributed by atoms with Gasteiger partial charge in [0.2, 0.25) is 0 Å². The summed E-state index contributed by atoms with van der Waals surface area (Å²) in [6.07, 6.45) is 7.72. The maximum atomic E-state index is 13.0. The number of carbonyl (C=O) groups is 1. The summed E-state index contributed by atoms with van der Waals surface area (Å²) in [4.78, 5) is 15.5. The fourth-order valence-corrected chi connectivity index (χ4v) is 4.22. The van der Waals surface area contributed by atoms with Crippen molar-refractivity contribution in [3.05, 3.63) is 76.5 Å². The summed E-state index contributed by atoms with van der Waals surface area (Å²) in [5.41, 5.74) is 4.48. The third kappa shape index (κ3) is 3.96. The molecule has 2 aromatic carbocycles. The Bertz CT molecular complexity index is 1080. The molecule has 0 aliphatic carbocycles. The predicted molar refractivity (Wildman–Crippen MR) is 121 cm³/mol. The molecule has 2 N–H and O–H groups in total. The number of nitrogens with zero attached hydrogens (tertiary/aromatic N) is 2. The summed E-state index contributed by atoms with van der Waals surface area (Å²) in [6, 6.07) is 12.8. The summed E-state index contributed by atoms with van der Waals surface area (Å²) in [7, 11) is 0. The van der Waals surface area contributed by atoms with Gasteiger partial charge in [-0.15, -0.1) is 0 Å². The number of benzene rings is 2. The lowest BCUT2D eigenvalue weighted by Crippen LogP contribution is -2.29. The highest BCUT2D eigenvalue weighted by Crippen LogP contribution is 2.32. The molecule has 0 saturated heterocycles. The molecule has 0 atom stereocenters. The van der Waals surface area contributed by atoms with Crippen molar-refractivity contribution in [3.63, 3.8) is 0 Å². The van der Waals surface area contributed by atoms with E-state index < -0.39 is 0 Å². The summed E-state index contributed by atoms with van der Waals surface area (Å²) >= 11 is 6.24. The van der Waals surface area contributed by atoms with Crippen LogP contribution in [0.3, 0.4) is 0 Å². The number of rotatable bonds is 6. The zero-order valence-corrected chi connectivity index (χ0v) is 17.5. The van der Waals surface area contributed by atoms with Crippen LogP contribution in [-0.4, -0.2) is 35.0 Å². The smallest absolute Gasteiger partial charge is 0.194 e. The van der Waals surface area contributed by atoms with Gasteiger partial charge in [-0.25, -0.2) is 0 Å². The van der Waals surface area contributed by atoms with Gasteiger partial charge >= 0.3 is 0 Å². The number of aromatic nitrogens is 1. The lowest BCUT2D eigenvalue weighted by Gasteiger charge is -2.26. The van der Waals surface area contributed by atoms with Gasteiger partial charge in [-0.05, 0) is 55.3 Å². The summed E-state index contributed by atoms with van der Waals surface area (Å²) in [5, 5.41) is 1.48. The highest BCUT2D eigenvalue weighted by atomic mass is 35.5. The second-order valence-corrected chi connectivity index (χ2v) is 8.03. The van der Waals surface area contributed by atoms with Gasteiger partial charge in [0.05, 0.1) is 10.5 Å². The molecule has 150 valence electrons. The van der Waals surface area contributed by atoms with Crippen molar-refractivity contribution in [1.29, 1.82) is 0 Å². The molecule has 5 heteroatoms. The maximum absolute atomic E-state index is 13.0. The number of ketones is 1. The number of hydrogen-bond acceptors (Lipinski definition) is 3. The minimum absolute atomic E-state index is 0.0726. The van der Waals surface area contributed by atoms with Gasteiger partial charge in [-0.1, -0.05) is 43.2 Å². The van der Waals surface area contributed by atoms with Crippen molar-refractivity contribution in [1.82, 2.24) is 9.58 Å². The van der Waals surface area contributed by atoms with Crippen molar-refractivity contribution >= 4 is 33.9 Å². The van der Waals surface area contributed by atoms with Crippen molar-refractivity contribution < 1.29 is 4.79 Å². The van der Waals surface area contributed by atoms with Crippen molar-refractivity contribution in [2.45, 2.75) is 26.2 Å². The SMILES string of the molecule is CCCCN1CC=C(c2cn(N)c3ccc(C(=O)c4ccccc4Cl)cc23)CC1. The molecule has 1 aliphatic heterocycles. The monoisotopic (exact) mass is 407 g/mol. The highest BCUT2D eigenvalue weighted by molar-refractivity contribution is 6.35. The van der Waals surface area contributed by atoms with Crippen molar-refractivity contribution in [2.24, 2.45) is 0 Å². The Balaban J connectivity index is 1.68. The van der Waals surface area contributed by atoms with Crippen LogP contribution in [0.2, 0.25) is 5.02 Å². The van der Waals surface area contributed by atoms with Crippen LogP contribution in [-0.2, 0) is 0 Å². The van der Waals surface area contributed by atoms with E-state index in [9.17, 15) is 4.79 Å². The summed E-state index contributed by atoms with van der Waals surface area (Å²) in [5.74, 6) is 6.14. The average Bonchev–Trinajstić information content (AvgIpc) is 3.08. The Kier molecular flexibility index (Phi) is 5.74.